The van der Waals surface area contributed by atoms with E-state index in [4.69, 9.17) is 0 Å². The van der Waals surface area contributed by atoms with Crippen LogP contribution in [0.3, 0.4) is 0 Å². The van der Waals surface area contributed by atoms with Gasteiger partial charge in [-0.1, -0.05) is 19.4 Å². The minimum Gasteiger partial charge on any atom is -0.351 e. The Bertz CT molecular complexity index is 908. The van der Waals surface area contributed by atoms with Gasteiger partial charge in [-0.3, -0.25) is 14.0 Å². The second kappa shape index (κ2) is 5.63. The predicted molar refractivity (Wildman–Crippen MR) is 85.2 cm³/mol. The first-order chi connectivity index (χ1) is 10.6. The quantitative estimate of drug-likeness (QED) is 0.746. The van der Waals surface area contributed by atoms with Gasteiger partial charge in [-0.15, -0.1) is 0 Å². The second-order valence-electron chi connectivity index (χ2n) is 5.28. The van der Waals surface area contributed by atoms with Crippen LogP contribution in [0.1, 0.15) is 30.3 Å². The topological polar surface area (TPSA) is 68.4 Å². The largest absolute Gasteiger partial charge is 0.351 e. The van der Waals surface area contributed by atoms with Crippen molar-refractivity contribution in [1.29, 1.82) is 0 Å². The SMILES string of the molecule is CCCCNC(=O)c1cc2c(=O)n3ccccc3nc2n1C. The number of nitrogens with one attached hydrogen (secondary N) is 1. The van der Waals surface area contributed by atoms with Crippen molar-refractivity contribution in [2.75, 3.05) is 6.54 Å². The van der Waals surface area contributed by atoms with Crippen molar-refractivity contribution in [2.45, 2.75) is 19.8 Å². The fraction of sp³-hybridized carbons (Fsp3) is 0.312. The molecule has 0 saturated carbocycles. The molecular weight excluding hydrogens is 280 g/mol. The van der Waals surface area contributed by atoms with E-state index in [0.717, 1.165) is 12.8 Å². The van der Waals surface area contributed by atoms with Gasteiger partial charge < -0.3 is 9.88 Å². The zero-order valence-electron chi connectivity index (χ0n) is 12.7. The Labute approximate surface area is 127 Å². The van der Waals surface area contributed by atoms with E-state index in [0.29, 0.717) is 28.9 Å². The third-order valence-electron chi connectivity index (χ3n) is 3.76. The molecule has 22 heavy (non-hydrogen) atoms. The standard InChI is InChI=1S/C16H18N4O2/c1-3-4-8-17-15(21)12-10-11-14(19(12)2)18-13-7-5-6-9-20(13)16(11)22/h5-7,9-10H,3-4,8H2,1-2H3,(H,17,21). The Balaban J connectivity index is 2.12. The van der Waals surface area contributed by atoms with Crippen molar-refractivity contribution in [3.63, 3.8) is 0 Å². The summed E-state index contributed by atoms with van der Waals surface area (Å²) in [4.78, 5) is 29.2. The van der Waals surface area contributed by atoms with Gasteiger partial charge in [0.25, 0.3) is 11.5 Å². The Morgan fingerprint density at radius 2 is 2.18 bits per heavy atom. The number of amides is 1. The molecule has 3 aromatic rings. The smallest absolute Gasteiger partial charge is 0.267 e. The lowest BCUT2D eigenvalue weighted by Crippen LogP contribution is -2.26. The van der Waals surface area contributed by atoms with Crippen molar-refractivity contribution < 1.29 is 4.79 Å². The first kappa shape index (κ1) is 14.3. The molecule has 3 rings (SSSR count). The van der Waals surface area contributed by atoms with Crippen LogP contribution in [0.4, 0.5) is 0 Å². The van der Waals surface area contributed by atoms with E-state index in [1.54, 1.807) is 36.0 Å². The average Bonchev–Trinajstić information content (AvgIpc) is 2.85. The molecule has 0 saturated heterocycles. The van der Waals surface area contributed by atoms with E-state index in [2.05, 4.69) is 17.2 Å². The summed E-state index contributed by atoms with van der Waals surface area (Å²) in [5, 5.41) is 3.32. The molecule has 6 nitrogen and oxygen atoms in total. The van der Waals surface area contributed by atoms with Crippen LogP contribution in [0, 0.1) is 0 Å². The molecule has 0 bridgehead atoms. The predicted octanol–water partition coefficient (Wildman–Crippen LogP) is 1.72. The summed E-state index contributed by atoms with van der Waals surface area (Å²) >= 11 is 0. The number of rotatable bonds is 4. The van der Waals surface area contributed by atoms with Crippen LogP contribution < -0.4 is 10.9 Å². The Hall–Kier alpha value is -2.63. The molecule has 0 aromatic carbocycles. The maximum absolute atomic E-state index is 12.5. The molecule has 1 amide bonds. The summed E-state index contributed by atoms with van der Waals surface area (Å²) in [6.07, 6.45) is 3.63. The lowest BCUT2D eigenvalue weighted by atomic mass is 10.3. The zero-order chi connectivity index (χ0) is 15.7. The highest BCUT2D eigenvalue weighted by molar-refractivity contribution is 5.97. The monoisotopic (exact) mass is 298 g/mol. The van der Waals surface area contributed by atoms with Crippen molar-refractivity contribution >= 4 is 22.6 Å². The summed E-state index contributed by atoms with van der Waals surface area (Å²) < 4.78 is 3.16. The van der Waals surface area contributed by atoms with Crippen LogP contribution in [-0.4, -0.2) is 26.4 Å². The molecule has 6 heteroatoms. The first-order valence-electron chi connectivity index (χ1n) is 7.38. The number of hydrogen-bond acceptors (Lipinski definition) is 3. The van der Waals surface area contributed by atoms with E-state index >= 15 is 0 Å². The Morgan fingerprint density at radius 3 is 2.95 bits per heavy atom. The van der Waals surface area contributed by atoms with E-state index in [1.165, 1.54) is 4.40 Å². The van der Waals surface area contributed by atoms with Gasteiger partial charge in [-0.25, -0.2) is 4.98 Å². The molecule has 114 valence electrons. The van der Waals surface area contributed by atoms with Crippen LogP contribution in [0.15, 0.2) is 35.3 Å². The van der Waals surface area contributed by atoms with Crippen molar-refractivity contribution in [3.05, 3.63) is 46.5 Å². The normalized spacial score (nSPS) is 11.2. The van der Waals surface area contributed by atoms with E-state index in [9.17, 15) is 9.59 Å². The van der Waals surface area contributed by atoms with Crippen LogP contribution in [0.25, 0.3) is 16.7 Å². The lowest BCUT2D eigenvalue weighted by Gasteiger charge is -2.05. The van der Waals surface area contributed by atoms with Gasteiger partial charge >= 0.3 is 0 Å². The van der Waals surface area contributed by atoms with Crippen LogP contribution >= 0.6 is 0 Å². The number of aromatic nitrogens is 3. The highest BCUT2D eigenvalue weighted by atomic mass is 16.2. The summed E-state index contributed by atoms with van der Waals surface area (Å²) in [5.74, 6) is -0.178. The lowest BCUT2D eigenvalue weighted by molar-refractivity contribution is 0.0945. The van der Waals surface area contributed by atoms with Crippen LogP contribution in [0.2, 0.25) is 0 Å². The highest BCUT2D eigenvalue weighted by Crippen LogP contribution is 2.14. The fourth-order valence-electron chi connectivity index (χ4n) is 2.51. The molecular formula is C16H18N4O2. The van der Waals surface area contributed by atoms with Gasteiger partial charge in [0.15, 0.2) is 0 Å². The number of nitrogens with zero attached hydrogens (tertiary/aromatic N) is 3. The van der Waals surface area contributed by atoms with Crippen molar-refractivity contribution in [2.24, 2.45) is 7.05 Å². The Morgan fingerprint density at radius 1 is 1.36 bits per heavy atom. The molecule has 0 fully saturated rings. The molecule has 0 spiro atoms. The molecule has 1 N–H and O–H groups in total. The number of pyridine rings is 1. The van der Waals surface area contributed by atoms with Crippen molar-refractivity contribution in [1.82, 2.24) is 19.3 Å². The number of fused-ring (bicyclic) bond motifs is 2. The summed E-state index contributed by atoms with van der Waals surface area (Å²) in [5.41, 5.74) is 1.38. The number of carbonyl (C=O) groups is 1. The Kier molecular flexibility index (Phi) is 3.66. The molecule has 0 aliphatic heterocycles. The number of carbonyl (C=O) groups excluding carboxylic acids is 1. The zero-order valence-corrected chi connectivity index (χ0v) is 12.7. The molecule has 0 aliphatic carbocycles. The summed E-state index contributed by atoms with van der Waals surface area (Å²) in [6, 6.07) is 7.00. The maximum atomic E-state index is 12.5. The molecule has 3 aromatic heterocycles. The van der Waals surface area contributed by atoms with Gasteiger partial charge in [-0.05, 0) is 24.6 Å². The third kappa shape index (κ3) is 2.26. The van der Waals surface area contributed by atoms with E-state index in [-0.39, 0.29) is 11.5 Å². The molecule has 0 atom stereocenters. The minimum absolute atomic E-state index is 0.163. The molecule has 3 heterocycles. The summed E-state index contributed by atoms with van der Waals surface area (Å²) in [7, 11) is 1.75. The van der Waals surface area contributed by atoms with Gasteiger partial charge in [-0.2, -0.15) is 0 Å². The molecule has 0 unspecified atom stereocenters. The maximum Gasteiger partial charge on any atom is 0.267 e. The van der Waals surface area contributed by atoms with Gasteiger partial charge in [0.1, 0.15) is 17.0 Å². The van der Waals surface area contributed by atoms with E-state index in [1.807, 2.05) is 6.07 Å². The average molecular weight is 298 g/mol. The molecule has 0 radical (unpaired) electrons. The van der Waals surface area contributed by atoms with E-state index < -0.39 is 0 Å². The number of aryl methyl sites for hydroxylation is 1. The van der Waals surface area contributed by atoms with Gasteiger partial charge in [0, 0.05) is 19.8 Å². The first-order valence-corrected chi connectivity index (χ1v) is 7.38. The van der Waals surface area contributed by atoms with Gasteiger partial charge in [0.05, 0.1) is 5.39 Å². The molecule has 0 aliphatic rings. The summed E-state index contributed by atoms with van der Waals surface area (Å²) in [6.45, 7) is 2.70. The van der Waals surface area contributed by atoms with Crippen molar-refractivity contribution in [3.8, 4) is 0 Å². The third-order valence-corrected chi connectivity index (χ3v) is 3.76. The van der Waals surface area contributed by atoms with Crippen LogP contribution in [0.5, 0.6) is 0 Å². The minimum atomic E-state index is -0.178. The highest BCUT2D eigenvalue weighted by Gasteiger charge is 2.17. The van der Waals surface area contributed by atoms with Crippen LogP contribution in [-0.2, 0) is 7.05 Å². The number of unbranched alkanes of at least 4 members (excludes halogenated alkanes) is 1. The fourth-order valence-corrected chi connectivity index (χ4v) is 2.51. The second-order valence-corrected chi connectivity index (χ2v) is 5.28. The number of hydrogen-bond donors (Lipinski definition) is 1. The van der Waals surface area contributed by atoms with Gasteiger partial charge in [0.2, 0.25) is 0 Å².